The number of benzene rings is 2. The van der Waals surface area contributed by atoms with Crippen LogP contribution in [-0.4, -0.2) is 30.4 Å². The maximum Gasteiger partial charge on any atom is 0.190 e. The van der Waals surface area contributed by atoms with Crippen LogP contribution in [0.2, 0.25) is 0 Å². The summed E-state index contributed by atoms with van der Waals surface area (Å²) in [4.78, 5) is 0. The highest BCUT2D eigenvalue weighted by Gasteiger charge is 2.17. The van der Waals surface area contributed by atoms with Crippen LogP contribution < -0.4 is 0 Å². The number of aromatic nitrogens is 6. The molecule has 0 saturated heterocycles. The lowest BCUT2D eigenvalue weighted by Crippen LogP contribution is -2.00. The fourth-order valence-corrected chi connectivity index (χ4v) is 2.75. The molecule has 2 heterocycles. The monoisotopic (exact) mass is 414 g/mol. The number of nitrogens with zero attached hydrogens (tertiary/aromatic N) is 5. The van der Waals surface area contributed by atoms with Crippen LogP contribution in [0.4, 0.5) is 0 Å². The molecule has 0 aliphatic carbocycles. The Morgan fingerprint density at radius 1 is 0.957 bits per heavy atom. The molecule has 0 amide bonds. The summed E-state index contributed by atoms with van der Waals surface area (Å²) < 4.78 is 2.88. The van der Waals surface area contributed by atoms with Crippen molar-refractivity contribution in [1.29, 1.82) is 0 Å². The van der Waals surface area contributed by atoms with E-state index >= 15 is 0 Å². The first kappa shape index (κ1) is 14.1. The summed E-state index contributed by atoms with van der Waals surface area (Å²) >= 11 is 2.27. The summed E-state index contributed by atoms with van der Waals surface area (Å²) in [7, 11) is 0. The van der Waals surface area contributed by atoms with Crippen molar-refractivity contribution in [3.05, 3.63) is 64.4 Å². The molecule has 4 rings (SSSR count). The number of hydrogen-bond acceptors (Lipinski definition) is 4. The predicted molar refractivity (Wildman–Crippen MR) is 94.9 cm³/mol. The van der Waals surface area contributed by atoms with Gasteiger partial charge in [0.25, 0.3) is 0 Å². The summed E-state index contributed by atoms with van der Waals surface area (Å²) in [5, 5.41) is 19.3. The van der Waals surface area contributed by atoms with Gasteiger partial charge in [0, 0.05) is 9.13 Å². The Morgan fingerprint density at radius 2 is 1.74 bits per heavy atom. The number of aromatic amines is 1. The average Bonchev–Trinajstić information content (AvgIpc) is 3.25. The van der Waals surface area contributed by atoms with Crippen LogP contribution in [-0.2, 0) is 0 Å². The van der Waals surface area contributed by atoms with Crippen molar-refractivity contribution in [3.63, 3.8) is 0 Å². The first-order valence-corrected chi connectivity index (χ1v) is 8.04. The molecule has 1 N–H and O–H groups in total. The average molecular weight is 414 g/mol. The number of nitrogens with one attached hydrogen (secondary N) is 1. The highest BCUT2D eigenvalue weighted by atomic mass is 127. The standard InChI is InChI=1S/C16H11IN6/c17-12-6-8-13(9-7-12)23-16(20-21-22-23)14-10-18-19-15(14)11-4-2-1-3-5-11/h1-10H,(H,18,19). The molecule has 0 unspecified atom stereocenters. The second-order valence-electron chi connectivity index (χ2n) is 4.92. The fraction of sp³-hybridized carbons (Fsp3) is 0. The minimum atomic E-state index is 0.652. The molecule has 112 valence electrons. The smallest absolute Gasteiger partial charge is 0.190 e. The zero-order valence-corrected chi connectivity index (χ0v) is 14.0. The Balaban J connectivity index is 1.84. The van der Waals surface area contributed by atoms with Crippen LogP contribution in [0.1, 0.15) is 0 Å². The van der Waals surface area contributed by atoms with Gasteiger partial charge < -0.3 is 0 Å². The molecule has 4 aromatic rings. The van der Waals surface area contributed by atoms with Crippen molar-refractivity contribution in [3.8, 4) is 28.3 Å². The SMILES string of the molecule is Ic1ccc(-n2nnnc2-c2cn[nH]c2-c2ccccc2)cc1. The summed E-state index contributed by atoms with van der Waals surface area (Å²) in [6.45, 7) is 0. The molecule has 2 aromatic heterocycles. The highest BCUT2D eigenvalue weighted by molar-refractivity contribution is 14.1. The van der Waals surface area contributed by atoms with E-state index in [2.05, 4.69) is 48.3 Å². The lowest BCUT2D eigenvalue weighted by atomic mass is 10.1. The van der Waals surface area contributed by atoms with Gasteiger partial charge in [-0.3, -0.25) is 5.10 Å². The van der Waals surface area contributed by atoms with Crippen molar-refractivity contribution in [2.75, 3.05) is 0 Å². The van der Waals surface area contributed by atoms with Crippen molar-refractivity contribution in [2.24, 2.45) is 0 Å². The second-order valence-corrected chi connectivity index (χ2v) is 6.16. The Morgan fingerprint density at radius 3 is 2.52 bits per heavy atom. The normalized spacial score (nSPS) is 10.8. The lowest BCUT2D eigenvalue weighted by molar-refractivity contribution is 0.791. The van der Waals surface area contributed by atoms with E-state index < -0.39 is 0 Å². The van der Waals surface area contributed by atoms with Crippen molar-refractivity contribution >= 4 is 22.6 Å². The van der Waals surface area contributed by atoms with E-state index in [4.69, 9.17) is 0 Å². The van der Waals surface area contributed by atoms with E-state index in [0.717, 1.165) is 26.1 Å². The van der Waals surface area contributed by atoms with Crippen LogP contribution in [0.3, 0.4) is 0 Å². The third kappa shape index (κ3) is 2.63. The predicted octanol–water partition coefficient (Wildman–Crippen LogP) is 3.32. The van der Waals surface area contributed by atoms with Gasteiger partial charge in [-0.05, 0) is 57.3 Å². The number of hydrogen-bond donors (Lipinski definition) is 1. The van der Waals surface area contributed by atoms with E-state index in [1.54, 1.807) is 10.9 Å². The molecule has 0 spiro atoms. The summed E-state index contributed by atoms with van der Waals surface area (Å²) in [6.07, 6.45) is 1.75. The Hall–Kier alpha value is -2.55. The summed E-state index contributed by atoms with van der Waals surface area (Å²) in [5.41, 5.74) is 3.70. The van der Waals surface area contributed by atoms with Gasteiger partial charge in [0.1, 0.15) is 0 Å². The molecule has 0 aliphatic heterocycles. The maximum absolute atomic E-state index is 4.18. The summed E-state index contributed by atoms with van der Waals surface area (Å²) in [5.74, 6) is 0.652. The fourth-order valence-electron chi connectivity index (χ4n) is 2.39. The zero-order valence-electron chi connectivity index (χ0n) is 11.9. The third-order valence-corrected chi connectivity index (χ3v) is 4.20. The van der Waals surface area contributed by atoms with Gasteiger partial charge in [-0.25, -0.2) is 0 Å². The van der Waals surface area contributed by atoms with Crippen LogP contribution in [0.25, 0.3) is 28.3 Å². The molecular formula is C16H11IN6. The number of H-pyrrole nitrogens is 1. The van der Waals surface area contributed by atoms with Crippen molar-refractivity contribution in [2.45, 2.75) is 0 Å². The quantitative estimate of drug-likeness (QED) is 0.522. The van der Waals surface area contributed by atoms with Gasteiger partial charge >= 0.3 is 0 Å². The van der Waals surface area contributed by atoms with Gasteiger partial charge in [-0.15, -0.1) is 5.10 Å². The second kappa shape index (κ2) is 5.92. The lowest BCUT2D eigenvalue weighted by Gasteiger charge is -2.05. The molecular weight excluding hydrogens is 403 g/mol. The maximum atomic E-state index is 4.18. The Kier molecular flexibility index (Phi) is 3.62. The van der Waals surface area contributed by atoms with E-state index in [1.807, 2.05) is 54.6 Å². The van der Waals surface area contributed by atoms with E-state index in [9.17, 15) is 0 Å². The molecule has 0 aliphatic rings. The van der Waals surface area contributed by atoms with E-state index in [-0.39, 0.29) is 0 Å². The van der Waals surface area contributed by atoms with Crippen LogP contribution in [0.15, 0.2) is 60.8 Å². The molecule has 6 nitrogen and oxygen atoms in total. The van der Waals surface area contributed by atoms with Gasteiger partial charge in [-0.1, -0.05) is 30.3 Å². The number of rotatable bonds is 3. The first-order chi connectivity index (χ1) is 11.3. The first-order valence-electron chi connectivity index (χ1n) is 6.96. The van der Waals surface area contributed by atoms with Crippen LogP contribution in [0, 0.1) is 3.57 Å². The molecule has 23 heavy (non-hydrogen) atoms. The van der Waals surface area contributed by atoms with E-state index in [1.165, 1.54) is 0 Å². The number of tetrazole rings is 1. The van der Waals surface area contributed by atoms with Crippen LogP contribution in [0.5, 0.6) is 0 Å². The highest BCUT2D eigenvalue weighted by Crippen LogP contribution is 2.29. The van der Waals surface area contributed by atoms with Crippen molar-refractivity contribution in [1.82, 2.24) is 30.4 Å². The minimum Gasteiger partial charge on any atom is -0.277 e. The Bertz CT molecular complexity index is 927. The molecule has 0 fully saturated rings. The van der Waals surface area contributed by atoms with Gasteiger partial charge in [0.05, 0.1) is 23.1 Å². The van der Waals surface area contributed by atoms with Gasteiger partial charge in [0.2, 0.25) is 0 Å². The van der Waals surface area contributed by atoms with Gasteiger partial charge in [0.15, 0.2) is 5.82 Å². The van der Waals surface area contributed by atoms with Crippen LogP contribution >= 0.6 is 22.6 Å². The molecule has 2 aromatic carbocycles. The van der Waals surface area contributed by atoms with E-state index in [0.29, 0.717) is 5.82 Å². The number of halogens is 1. The molecule has 0 atom stereocenters. The third-order valence-electron chi connectivity index (χ3n) is 3.48. The molecule has 0 radical (unpaired) electrons. The van der Waals surface area contributed by atoms with Crippen molar-refractivity contribution < 1.29 is 0 Å². The zero-order chi connectivity index (χ0) is 15.6. The van der Waals surface area contributed by atoms with Gasteiger partial charge in [-0.2, -0.15) is 9.78 Å². The summed E-state index contributed by atoms with van der Waals surface area (Å²) in [6, 6.07) is 18.0. The molecule has 0 bridgehead atoms. The Labute approximate surface area is 145 Å². The topological polar surface area (TPSA) is 72.3 Å². The minimum absolute atomic E-state index is 0.652. The molecule has 0 saturated carbocycles. The largest absolute Gasteiger partial charge is 0.277 e. The molecule has 7 heteroatoms.